The molecule has 2 aromatic rings. The van der Waals surface area contributed by atoms with E-state index in [1.54, 1.807) is 13.3 Å². The SMILES string of the molecule is CCOc1ccc(CNCCc2ncc[nH]2)cc1OC. The number of ether oxygens (including phenoxy) is 2. The van der Waals surface area contributed by atoms with Crippen LogP contribution in [0.3, 0.4) is 0 Å². The number of nitrogens with zero attached hydrogens (tertiary/aromatic N) is 1. The van der Waals surface area contributed by atoms with Gasteiger partial charge in [-0.2, -0.15) is 0 Å². The molecule has 0 spiro atoms. The number of nitrogens with one attached hydrogen (secondary N) is 2. The van der Waals surface area contributed by atoms with Crippen LogP contribution in [0.4, 0.5) is 0 Å². The van der Waals surface area contributed by atoms with Gasteiger partial charge in [0.1, 0.15) is 5.82 Å². The van der Waals surface area contributed by atoms with Gasteiger partial charge in [0.25, 0.3) is 0 Å². The highest BCUT2D eigenvalue weighted by Gasteiger charge is 2.05. The highest BCUT2D eigenvalue weighted by atomic mass is 16.5. The van der Waals surface area contributed by atoms with Crippen molar-refractivity contribution in [3.05, 3.63) is 42.0 Å². The third kappa shape index (κ3) is 3.99. The zero-order valence-electron chi connectivity index (χ0n) is 12.0. The number of benzene rings is 1. The van der Waals surface area contributed by atoms with Crippen LogP contribution in [0.25, 0.3) is 0 Å². The fraction of sp³-hybridized carbons (Fsp3) is 0.400. The molecular formula is C15H21N3O2. The van der Waals surface area contributed by atoms with Crippen LogP contribution in [0.5, 0.6) is 11.5 Å². The summed E-state index contributed by atoms with van der Waals surface area (Å²) in [6.45, 7) is 4.27. The van der Waals surface area contributed by atoms with Crippen molar-refractivity contribution in [1.82, 2.24) is 15.3 Å². The summed E-state index contributed by atoms with van der Waals surface area (Å²) in [6.07, 6.45) is 4.50. The Kier molecular flexibility index (Phi) is 5.43. The molecule has 2 rings (SSSR count). The molecule has 20 heavy (non-hydrogen) atoms. The van der Waals surface area contributed by atoms with Gasteiger partial charge in [-0.15, -0.1) is 0 Å². The predicted molar refractivity (Wildman–Crippen MR) is 78.2 cm³/mol. The topological polar surface area (TPSA) is 59.2 Å². The van der Waals surface area contributed by atoms with E-state index in [2.05, 4.69) is 15.3 Å². The molecule has 0 saturated carbocycles. The van der Waals surface area contributed by atoms with Crippen LogP contribution in [0, 0.1) is 0 Å². The molecule has 0 amide bonds. The highest BCUT2D eigenvalue weighted by Crippen LogP contribution is 2.27. The van der Waals surface area contributed by atoms with E-state index in [1.165, 1.54) is 5.56 Å². The molecule has 1 aromatic carbocycles. The number of hydrogen-bond donors (Lipinski definition) is 2. The first kappa shape index (κ1) is 14.4. The molecule has 0 fully saturated rings. The summed E-state index contributed by atoms with van der Waals surface area (Å²) in [7, 11) is 1.66. The van der Waals surface area contributed by atoms with Gasteiger partial charge in [-0.3, -0.25) is 0 Å². The third-order valence-corrected chi connectivity index (χ3v) is 2.95. The minimum absolute atomic E-state index is 0.636. The maximum Gasteiger partial charge on any atom is 0.161 e. The fourth-order valence-corrected chi connectivity index (χ4v) is 1.97. The second kappa shape index (κ2) is 7.55. The van der Waals surface area contributed by atoms with Crippen LogP contribution in [0.1, 0.15) is 18.3 Å². The van der Waals surface area contributed by atoms with Gasteiger partial charge in [0.05, 0.1) is 13.7 Å². The van der Waals surface area contributed by atoms with Crippen LogP contribution in [0.15, 0.2) is 30.6 Å². The molecule has 0 saturated heterocycles. The van der Waals surface area contributed by atoms with E-state index in [4.69, 9.17) is 9.47 Å². The van der Waals surface area contributed by atoms with Crippen molar-refractivity contribution >= 4 is 0 Å². The van der Waals surface area contributed by atoms with Crippen LogP contribution < -0.4 is 14.8 Å². The molecule has 0 bridgehead atoms. The van der Waals surface area contributed by atoms with Crippen LogP contribution in [-0.4, -0.2) is 30.2 Å². The van der Waals surface area contributed by atoms with Gasteiger partial charge in [-0.05, 0) is 24.6 Å². The Bertz CT molecular complexity index is 512. The Balaban J connectivity index is 1.83. The van der Waals surface area contributed by atoms with E-state index in [9.17, 15) is 0 Å². The minimum atomic E-state index is 0.636. The zero-order chi connectivity index (χ0) is 14.2. The summed E-state index contributed by atoms with van der Waals surface area (Å²) in [5, 5.41) is 3.39. The Hall–Kier alpha value is -2.01. The van der Waals surface area contributed by atoms with Crippen molar-refractivity contribution in [3.63, 3.8) is 0 Å². The van der Waals surface area contributed by atoms with Crippen molar-refractivity contribution in [2.45, 2.75) is 19.9 Å². The third-order valence-electron chi connectivity index (χ3n) is 2.95. The molecule has 0 aliphatic heterocycles. The Morgan fingerprint density at radius 1 is 1.30 bits per heavy atom. The molecule has 0 aliphatic carbocycles. The number of methoxy groups -OCH3 is 1. The lowest BCUT2D eigenvalue weighted by Crippen LogP contribution is -2.17. The Morgan fingerprint density at radius 2 is 2.20 bits per heavy atom. The van der Waals surface area contributed by atoms with E-state index in [-0.39, 0.29) is 0 Å². The van der Waals surface area contributed by atoms with Gasteiger partial charge >= 0.3 is 0 Å². The summed E-state index contributed by atoms with van der Waals surface area (Å²) in [6, 6.07) is 6.00. The summed E-state index contributed by atoms with van der Waals surface area (Å²) < 4.78 is 10.8. The molecule has 1 aromatic heterocycles. The molecule has 0 unspecified atom stereocenters. The number of aromatic nitrogens is 2. The molecule has 5 nitrogen and oxygen atoms in total. The Labute approximate surface area is 119 Å². The molecule has 108 valence electrons. The van der Waals surface area contributed by atoms with E-state index in [1.807, 2.05) is 31.3 Å². The Morgan fingerprint density at radius 3 is 2.90 bits per heavy atom. The first-order chi connectivity index (χ1) is 9.83. The van der Waals surface area contributed by atoms with E-state index in [0.717, 1.165) is 36.8 Å². The number of aromatic amines is 1. The molecule has 0 aliphatic rings. The van der Waals surface area contributed by atoms with Crippen LogP contribution in [-0.2, 0) is 13.0 Å². The number of imidazole rings is 1. The van der Waals surface area contributed by atoms with Gasteiger partial charge in [-0.1, -0.05) is 6.07 Å². The lowest BCUT2D eigenvalue weighted by atomic mass is 10.2. The van der Waals surface area contributed by atoms with Crippen molar-refractivity contribution in [2.24, 2.45) is 0 Å². The predicted octanol–water partition coefficient (Wildman–Crippen LogP) is 2.15. The molecule has 5 heteroatoms. The first-order valence-corrected chi connectivity index (χ1v) is 6.82. The minimum Gasteiger partial charge on any atom is -0.493 e. The van der Waals surface area contributed by atoms with Gasteiger partial charge in [-0.25, -0.2) is 4.98 Å². The average Bonchev–Trinajstić information content (AvgIpc) is 2.98. The normalized spacial score (nSPS) is 10.5. The first-order valence-electron chi connectivity index (χ1n) is 6.82. The van der Waals surface area contributed by atoms with Crippen molar-refractivity contribution in [2.75, 3.05) is 20.3 Å². The lowest BCUT2D eigenvalue weighted by Gasteiger charge is -2.11. The molecule has 0 radical (unpaired) electrons. The van der Waals surface area contributed by atoms with Gasteiger partial charge < -0.3 is 19.8 Å². The summed E-state index contributed by atoms with van der Waals surface area (Å²) in [5.74, 6) is 2.56. The van der Waals surface area contributed by atoms with E-state index >= 15 is 0 Å². The highest BCUT2D eigenvalue weighted by molar-refractivity contribution is 5.42. The largest absolute Gasteiger partial charge is 0.493 e. The van der Waals surface area contributed by atoms with Crippen molar-refractivity contribution in [3.8, 4) is 11.5 Å². The number of rotatable bonds is 8. The molecular weight excluding hydrogens is 254 g/mol. The van der Waals surface area contributed by atoms with E-state index in [0.29, 0.717) is 6.61 Å². The van der Waals surface area contributed by atoms with Gasteiger partial charge in [0.15, 0.2) is 11.5 Å². The van der Waals surface area contributed by atoms with Crippen molar-refractivity contribution in [1.29, 1.82) is 0 Å². The van der Waals surface area contributed by atoms with Gasteiger partial charge in [0.2, 0.25) is 0 Å². The maximum absolute atomic E-state index is 5.50. The molecule has 2 N–H and O–H groups in total. The maximum atomic E-state index is 5.50. The lowest BCUT2D eigenvalue weighted by molar-refractivity contribution is 0.310. The van der Waals surface area contributed by atoms with Gasteiger partial charge in [0, 0.05) is 31.9 Å². The average molecular weight is 275 g/mol. The number of H-pyrrole nitrogens is 1. The summed E-state index contributed by atoms with van der Waals surface area (Å²) in [5.41, 5.74) is 1.17. The van der Waals surface area contributed by atoms with E-state index < -0.39 is 0 Å². The smallest absolute Gasteiger partial charge is 0.161 e. The molecule has 0 atom stereocenters. The quantitative estimate of drug-likeness (QED) is 0.725. The monoisotopic (exact) mass is 275 g/mol. The standard InChI is InChI=1S/C15H21N3O2/c1-3-20-13-5-4-12(10-14(13)19-2)11-16-7-6-15-17-8-9-18-15/h4-5,8-10,16H,3,6-7,11H2,1-2H3,(H,17,18). The fourth-order valence-electron chi connectivity index (χ4n) is 1.97. The summed E-state index contributed by atoms with van der Waals surface area (Å²) >= 11 is 0. The second-order valence-electron chi connectivity index (χ2n) is 4.38. The second-order valence-corrected chi connectivity index (χ2v) is 4.38. The van der Waals surface area contributed by atoms with Crippen molar-refractivity contribution < 1.29 is 9.47 Å². The molecule has 1 heterocycles. The summed E-state index contributed by atoms with van der Waals surface area (Å²) in [4.78, 5) is 7.28. The zero-order valence-corrected chi connectivity index (χ0v) is 12.0. The van der Waals surface area contributed by atoms with Crippen LogP contribution in [0.2, 0.25) is 0 Å². The van der Waals surface area contributed by atoms with Crippen LogP contribution >= 0.6 is 0 Å². The number of hydrogen-bond acceptors (Lipinski definition) is 4.